The highest BCUT2D eigenvalue weighted by Gasteiger charge is 2.12. The summed E-state index contributed by atoms with van der Waals surface area (Å²) in [5.74, 6) is 0.230. The molecule has 2 aromatic rings. The van der Waals surface area contributed by atoms with Crippen LogP contribution in [-0.2, 0) is 4.74 Å². The van der Waals surface area contributed by atoms with Crippen LogP contribution in [0.3, 0.4) is 0 Å². The molecule has 0 unspecified atom stereocenters. The molecule has 84 valence electrons. The third-order valence-electron chi connectivity index (χ3n) is 2.26. The number of hydrogen-bond donors (Lipinski definition) is 0. The van der Waals surface area contributed by atoms with Gasteiger partial charge in [-0.1, -0.05) is 0 Å². The predicted molar refractivity (Wildman–Crippen MR) is 58.7 cm³/mol. The molecule has 1 aromatic carbocycles. The fourth-order valence-corrected chi connectivity index (χ4v) is 1.54. The Morgan fingerprint density at radius 2 is 2.25 bits per heavy atom. The van der Waals surface area contributed by atoms with Gasteiger partial charge in [0.1, 0.15) is 11.3 Å². The van der Waals surface area contributed by atoms with Crippen molar-refractivity contribution in [1.82, 2.24) is 0 Å². The van der Waals surface area contributed by atoms with Crippen molar-refractivity contribution in [3.05, 3.63) is 30.0 Å². The molecule has 16 heavy (non-hydrogen) atoms. The van der Waals surface area contributed by atoms with Gasteiger partial charge in [-0.05, 0) is 25.1 Å². The van der Waals surface area contributed by atoms with Gasteiger partial charge in [-0.25, -0.2) is 4.79 Å². The highest BCUT2D eigenvalue weighted by atomic mass is 16.5. The Hall–Kier alpha value is -1.97. The summed E-state index contributed by atoms with van der Waals surface area (Å²) >= 11 is 0. The van der Waals surface area contributed by atoms with Crippen LogP contribution in [0.5, 0.6) is 5.75 Å². The number of hydrogen-bond acceptors (Lipinski definition) is 4. The summed E-state index contributed by atoms with van der Waals surface area (Å²) in [4.78, 5) is 11.6. The lowest BCUT2D eigenvalue weighted by Crippen LogP contribution is -2.04. The fraction of sp³-hybridized carbons (Fsp3) is 0.250. The van der Waals surface area contributed by atoms with E-state index in [1.807, 2.05) is 0 Å². The van der Waals surface area contributed by atoms with Crippen LogP contribution >= 0.6 is 0 Å². The van der Waals surface area contributed by atoms with Gasteiger partial charge >= 0.3 is 5.97 Å². The summed E-state index contributed by atoms with van der Waals surface area (Å²) < 4.78 is 15.3. The molecule has 1 aromatic heterocycles. The summed E-state index contributed by atoms with van der Waals surface area (Å²) in [5, 5.41) is 0.843. The number of carbonyl (C=O) groups excluding carboxylic acids is 1. The molecule has 0 amide bonds. The molecule has 2 rings (SSSR count). The molecule has 0 saturated heterocycles. The Bertz CT molecular complexity index is 513. The smallest absolute Gasteiger partial charge is 0.338 e. The van der Waals surface area contributed by atoms with Crippen molar-refractivity contribution in [3.8, 4) is 5.75 Å². The summed E-state index contributed by atoms with van der Waals surface area (Å²) in [6.45, 7) is 2.11. The second kappa shape index (κ2) is 4.26. The minimum atomic E-state index is -0.376. The molecule has 0 aliphatic rings. The van der Waals surface area contributed by atoms with E-state index in [4.69, 9.17) is 13.9 Å². The molecule has 0 atom stereocenters. The van der Waals surface area contributed by atoms with Crippen LogP contribution in [0.4, 0.5) is 0 Å². The second-order valence-corrected chi connectivity index (χ2v) is 3.23. The Morgan fingerprint density at radius 3 is 2.94 bits per heavy atom. The van der Waals surface area contributed by atoms with E-state index in [9.17, 15) is 4.79 Å². The second-order valence-electron chi connectivity index (χ2n) is 3.23. The third-order valence-corrected chi connectivity index (χ3v) is 2.26. The average molecular weight is 220 g/mol. The maximum absolute atomic E-state index is 11.6. The van der Waals surface area contributed by atoms with Crippen LogP contribution in [-0.4, -0.2) is 19.7 Å². The standard InChI is InChI=1S/C12H12O4/c1-3-15-12(13)8-6-10(14-2)9-4-5-16-11(9)7-8/h4-7H,3H2,1-2H3. The van der Waals surface area contributed by atoms with Gasteiger partial charge in [0.25, 0.3) is 0 Å². The molecule has 0 saturated carbocycles. The number of rotatable bonds is 3. The minimum Gasteiger partial charge on any atom is -0.496 e. The Kier molecular flexibility index (Phi) is 2.81. The lowest BCUT2D eigenvalue weighted by atomic mass is 10.1. The van der Waals surface area contributed by atoms with Crippen molar-refractivity contribution in [2.75, 3.05) is 13.7 Å². The largest absolute Gasteiger partial charge is 0.496 e. The van der Waals surface area contributed by atoms with Crippen LogP contribution in [0.15, 0.2) is 28.9 Å². The van der Waals surface area contributed by atoms with Gasteiger partial charge in [0.15, 0.2) is 0 Å². The number of methoxy groups -OCH3 is 1. The number of furan rings is 1. The first-order chi connectivity index (χ1) is 7.76. The van der Waals surface area contributed by atoms with Gasteiger partial charge < -0.3 is 13.9 Å². The summed E-state index contributed by atoms with van der Waals surface area (Å²) in [5.41, 5.74) is 1.04. The van der Waals surface area contributed by atoms with Crippen molar-refractivity contribution in [3.63, 3.8) is 0 Å². The first-order valence-electron chi connectivity index (χ1n) is 4.98. The van der Waals surface area contributed by atoms with Crippen molar-refractivity contribution < 1.29 is 18.7 Å². The zero-order chi connectivity index (χ0) is 11.5. The molecular formula is C12H12O4. The summed E-state index contributed by atoms with van der Waals surface area (Å²) in [7, 11) is 1.55. The molecule has 0 N–H and O–H groups in total. The topological polar surface area (TPSA) is 48.7 Å². The normalized spacial score (nSPS) is 10.4. The molecule has 0 fully saturated rings. The van der Waals surface area contributed by atoms with Gasteiger partial charge in [0.2, 0.25) is 0 Å². The molecule has 0 aliphatic heterocycles. The number of carbonyl (C=O) groups is 1. The molecule has 0 bridgehead atoms. The lowest BCUT2D eigenvalue weighted by Gasteiger charge is -2.05. The van der Waals surface area contributed by atoms with Gasteiger partial charge in [0.05, 0.1) is 30.9 Å². The van der Waals surface area contributed by atoms with Crippen LogP contribution in [0.1, 0.15) is 17.3 Å². The molecule has 1 heterocycles. The van der Waals surface area contributed by atoms with Gasteiger partial charge in [-0.3, -0.25) is 0 Å². The van der Waals surface area contributed by atoms with Gasteiger partial charge in [-0.15, -0.1) is 0 Å². The van der Waals surface area contributed by atoms with E-state index in [1.165, 1.54) is 0 Å². The van der Waals surface area contributed by atoms with E-state index in [2.05, 4.69) is 0 Å². The first-order valence-corrected chi connectivity index (χ1v) is 4.98. The third kappa shape index (κ3) is 1.74. The molecule has 0 aliphatic carbocycles. The van der Waals surface area contributed by atoms with E-state index in [-0.39, 0.29) is 5.97 Å². The van der Waals surface area contributed by atoms with Crippen molar-refractivity contribution >= 4 is 16.9 Å². The monoisotopic (exact) mass is 220 g/mol. The van der Waals surface area contributed by atoms with E-state index in [0.29, 0.717) is 23.5 Å². The minimum absolute atomic E-state index is 0.345. The highest BCUT2D eigenvalue weighted by molar-refractivity contribution is 5.96. The zero-order valence-corrected chi connectivity index (χ0v) is 9.15. The quantitative estimate of drug-likeness (QED) is 0.746. The van der Waals surface area contributed by atoms with Crippen LogP contribution in [0.2, 0.25) is 0 Å². The highest BCUT2D eigenvalue weighted by Crippen LogP contribution is 2.28. The first kappa shape index (κ1) is 10.5. The number of fused-ring (bicyclic) bond motifs is 1. The summed E-state index contributed by atoms with van der Waals surface area (Å²) in [6, 6.07) is 5.09. The Balaban J connectivity index is 2.51. The molecular weight excluding hydrogens is 208 g/mol. The Labute approximate surface area is 92.8 Å². The number of benzene rings is 1. The maximum Gasteiger partial charge on any atom is 0.338 e. The molecule has 4 nitrogen and oxygen atoms in total. The van der Waals surface area contributed by atoms with E-state index >= 15 is 0 Å². The molecule has 0 radical (unpaired) electrons. The maximum atomic E-state index is 11.6. The van der Waals surface area contributed by atoms with Gasteiger partial charge in [-0.2, -0.15) is 0 Å². The van der Waals surface area contributed by atoms with E-state index in [1.54, 1.807) is 38.5 Å². The number of esters is 1. The van der Waals surface area contributed by atoms with Crippen LogP contribution in [0.25, 0.3) is 11.0 Å². The Morgan fingerprint density at radius 1 is 1.44 bits per heavy atom. The fourth-order valence-electron chi connectivity index (χ4n) is 1.54. The molecule has 4 heteroatoms. The van der Waals surface area contributed by atoms with Crippen molar-refractivity contribution in [2.24, 2.45) is 0 Å². The zero-order valence-electron chi connectivity index (χ0n) is 9.15. The van der Waals surface area contributed by atoms with Crippen molar-refractivity contribution in [2.45, 2.75) is 6.92 Å². The lowest BCUT2D eigenvalue weighted by molar-refractivity contribution is 0.0526. The van der Waals surface area contributed by atoms with Crippen LogP contribution in [0, 0.1) is 0 Å². The SMILES string of the molecule is CCOC(=O)c1cc(OC)c2ccoc2c1. The van der Waals surface area contributed by atoms with E-state index < -0.39 is 0 Å². The average Bonchev–Trinajstić information content (AvgIpc) is 2.75. The van der Waals surface area contributed by atoms with E-state index in [0.717, 1.165) is 5.39 Å². The number of ether oxygens (including phenoxy) is 2. The van der Waals surface area contributed by atoms with Gasteiger partial charge in [0, 0.05) is 0 Å². The summed E-state index contributed by atoms with van der Waals surface area (Å²) in [6.07, 6.45) is 1.56. The predicted octanol–water partition coefficient (Wildman–Crippen LogP) is 2.62. The van der Waals surface area contributed by atoms with Crippen molar-refractivity contribution in [1.29, 1.82) is 0 Å². The molecule has 0 spiro atoms. The van der Waals surface area contributed by atoms with Crippen LogP contribution < -0.4 is 4.74 Å².